The third kappa shape index (κ3) is 11.2. The summed E-state index contributed by atoms with van der Waals surface area (Å²) in [5, 5.41) is 34.3. The van der Waals surface area contributed by atoms with E-state index < -0.39 is 72.6 Å². The van der Waals surface area contributed by atoms with Crippen molar-refractivity contribution in [2.24, 2.45) is 5.73 Å². The molecule has 4 unspecified atom stereocenters. The van der Waals surface area contributed by atoms with Crippen LogP contribution in [0.2, 0.25) is 0 Å². The number of nitrogens with one attached hydrogen (secondary N) is 4. The van der Waals surface area contributed by atoms with Gasteiger partial charge < -0.3 is 42.0 Å². The van der Waals surface area contributed by atoms with E-state index in [2.05, 4.69) is 25.9 Å². The van der Waals surface area contributed by atoms with Crippen LogP contribution in [0.1, 0.15) is 31.4 Å². The number of aromatic amines is 1. The van der Waals surface area contributed by atoms with Crippen LogP contribution in [-0.2, 0) is 35.2 Å². The van der Waals surface area contributed by atoms with E-state index in [1.54, 1.807) is 6.26 Å². The Balaban J connectivity index is 2.99. The average molecular weight is 531 g/mol. The molecule has 0 aromatic carbocycles. The maximum absolute atomic E-state index is 12.9. The molecule has 0 radical (unpaired) electrons. The van der Waals surface area contributed by atoms with Crippen LogP contribution in [0.15, 0.2) is 12.5 Å². The normalized spacial score (nSPS) is 14.1. The second-order valence-electron chi connectivity index (χ2n) is 7.72. The lowest BCUT2D eigenvalue weighted by molar-refractivity contribution is -0.143. The van der Waals surface area contributed by atoms with Crippen LogP contribution in [0.5, 0.6) is 0 Å². The topological polar surface area (TPSA) is 254 Å². The van der Waals surface area contributed by atoms with Crippen LogP contribution >= 0.6 is 11.8 Å². The van der Waals surface area contributed by atoms with Crippen LogP contribution < -0.4 is 21.7 Å². The highest BCUT2D eigenvalue weighted by Gasteiger charge is 2.31. The molecule has 0 saturated carbocycles. The number of aliphatic carboxylic acids is 3. The van der Waals surface area contributed by atoms with Gasteiger partial charge in [0.1, 0.15) is 18.1 Å². The SMILES string of the molecule is CSCCC(NC(=O)C(N)CC(=O)O)C(=O)NC(CCC(=O)O)C(=O)NC(Cc1cnc[nH]1)C(=O)O. The summed E-state index contributed by atoms with van der Waals surface area (Å²) < 4.78 is 0. The molecule has 0 fully saturated rings. The Labute approximate surface area is 210 Å². The van der Waals surface area contributed by atoms with E-state index in [-0.39, 0.29) is 19.3 Å². The summed E-state index contributed by atoms with van der Waals surface area (Å²) in [6.07, 6.45) is 2.88. The molecular weight excluding hydrogens is 500 g/mol. The minimum absolute atomic E-state index is 0.101. The second kappa shape index (κ2) is 15.4. The summed E-state index contributed by atoms with van der Waals surface area (Å²) in [4.78, 5) is 78.0. The Morgan fingerprint density at radius 1 is 0.944 bits per heavy atom. The first-order chi connectivity index (χ1) is 16.9. The number of nitrogens with two attached hydrogens (primary N) is 1. The van der Waals surface area contributed by atoms with Crippen LogP contribution in [0.4, 0.5) is 0 Å². The van der Waals surface area contributed by atoms with Crippen molar-refractivity contribution in [3.8, 4) is 0 Å². The molecule has 200 valence electrons. The number of thioether (sulfide) groups is 1. The van der Waals surface area contributed by atoms with Crippen molar-refractivity contribution < 1.29 is 44.1 Å². The highest BCUT2D eigenvalue weighted by atomic mass is 32.2. The van der Waals surface area contributed by atoms with Crippen molar-refractivity contribution in [1.29, 1.82) is 0 Å². The Hall–Kier alpha value is -3.66. The molecule has 0 aliphatic heterocycles. The van der Waals surface area contributed by atoms with E-state index in [0.717, 1.165) is 0 Å². The zero-order valence-corrected chi connectivity index (χ0v) is 20.2. The van der Waals surface area contributed by atoms with Crippen LogP contribution in [0.3, 0.4) is 0 Å². The molecule has 16 heteroatoms. The van der Waals surface area contributed by atoms with Crippen molar-refractivity contribution in [2.75, 3.05) is 12.0 Å². The zero-order valence-electron chi connectivity index (χ0n) is 19.4. The van der Waals surface area contributed by atoms with Gasteiger partial charge in [-0.1, -0.05) is 0 Å². The van der Waals surface area contributed by atoms with E-state index in [9.17, 15) is 33.9 Å². The maximum Gasteiger partial charge on any atom is 0.326 e. The van der Waals surface area contributed by atoms with Gasteiger partial charge in [-0.3, -0.25) is 24.0 Å². The van der Waals surface area contributed by atoms with E-state index in [1.807, 2.05) is 0 Å². The number of carbonyl (C=O) groups excluding carboxylic acids is 3. The average Bonchev–Trinajstić information content (AvgIpc) is 3.30. The summed E-state index contributed by atoms with van der Waals surface area (Å²) in [7, 11) is 0. The predicted octanol–water partition coefficient (Wildman–Crippen LogP) is -2.09. The largest absolute Gasteiger partial charge is 0.481 e. The standard InChI is InChI=1S/C20H30N6O9S/c1-36-5-4-13(24-17(31)11(21)7-16(29)30)19(33)25-12(2-3-15(27)28)18(32)26-14(20(34)35)6-10-8-22-9-23-10/h8-9,11-14H,2-7,21H2,1H3,(H,22,23)(H,24,31)(H,25,33)(H,26,32)(H,27,28)(H,29,30)(H,34,35). The molecule has 15 nitrogen and oxygen atoms in total. The Bertz CT molecular complexity index is 927. The quantitative estimate of drug-likeness (QED) is 0.108. The number of amides is 3. The third-order valence-electron chi connectivity index (χ3n) is 4.85. The summed E-state index contributed by atoms with van der Waals surface area (Å²) in [6.45, 7) is 0. The second-order valence-corrected chi connectivity index (χ2v) is 8.71. The van der Waals surface area contributed by atoms with E-state index >= 15 is 0 Å². The van der Waals surface area contributed by atoms with Crippen molar-refractivity contribution in [3.05, 3.63) is 18.2 Å². The van der Waals surface area contributed by atoms with Gasteiger partial charge in [0.05, 0.1) is 18.8 Å². The van der Waals surface area contributed by atoms with Crippen molar-refractivity contribution in [3.63, 3.8) is 0 Å². The minimum Gasteiger partial charge on any atom is -0.481 e. The number of H-pyrrole nitrogens is 1. The number of aromatic nitrogens is 2. The Morgan fingerprint density at radius 2 is 1.53 bits per heavy atom. The van der Waals surface area contributed by atoms with Crippen LogP contribution in [0.25, 0.3) is 0 Å². The molecule has 36 heavy (non-hydrogen) atoms. The molecule has 4 atom stereocenters. The van der Waals surface area contributed by atoms with Crippen LogP contribution in [0, 0.1) is 0 Å². The van der Waals surface area contributed by atoms with E-state index in [4.69, 9.17) is 15.9 Å². The number of carboxylic acids is 3. The molecular formula is C20H30N6O9S. The fourth-order valence-corrected chi connectivity index (χ4v) is 3.43. The molecule has 1 aromatic heterocycles. The summed E-state index contributed by atoms with van der Waals surface area (Å²) in [5.41, 5.74) is 5.97. The number of nitrogens with zero attached hydrogens (tertiary/aromatic N) is 1. The monoisotopic (exact) mass is 530 g/mol. The maximum atomic E-state index is 12.9. The van der Waals surface area contributed by atoms with Gasteiger partial charge in [-0.15, -0.1) is 0 Å². The number of imidazole rings is 1. The van der Waals surface area contributed by atoms with Gasteiger partial charge in [-0.25, -0.2) is 9.78 Å². The third-order valence-corrected chi connectivity index (χ3v) is 5.49. The summed E-state index contributed by atoms with van der Waals surface area (Å²) in [6, 6.07) is -5.45. The Kier molecular flexibility index (Phi) is 13.0. The van der Waals surface area contributed by atoms with Crippen LogP contribution in [-0.4, -0.2) is 97.1 Å². The number of carbonyl (C=O) groups is 6. The van der Waals surface area contributed by atoms with Gasteiger partial charge in [-0.2, -0.15) is 11.8 Å². The molecule has 3 amide bonds. The van der Waals surface area contributed by atoms with Gasteiger partial charge in [0.25, 0.3) is 0 Å². The van der Waals surface area contributed by atoms with Crippen molar-refractivity contribution in [1.82, 2.24) is 25.9 Å². The first kappa shape index (κ1) is 30.4. The molecule has 0 aliphatic rings. The first-order valence-corrected chi connectivity index (χ1v) is 12.1. The molecule has 9 N–H and O–H groups in total. The first-order valence-electron chi connectivity index (χ1n) is 10.7. The molecule has 0 bridgehead atoms. The highest BCUT2D eigenvalue weighted by Crippen LogP contribution is 2.06. The number of rotatable bonds is 17. The van der Waals surface area contributed by atoms with Crippen molar-refractivity contribution in [2.45, 2.75) is 56.3 Å². The van der Waals surface area contributed by atoms with Crippen molar-refractivity contribution >= 4 is 47.4 Å². The molecule has 1 rings (SSSR count). The van der Waals surface area contributed by atoms with Gasteiger partial charge in [0, 0.05) is 24.7 Å². The lowest BCUT2D eigenvalue weighted by Gasteiger charge is -2.25. The zero-order chi connectivity index (χ0) is 27.3. The van der Waals surface area contributed by atoms with Gasteiger partial charge in [0.15, 0.2) is 0 Å². The predicted molar refractivity (Wildman–Crippen MR) is 126 cm³/mol. The molecule has 0 aliphatic carbocycles. The summed E-state index contributed by atoms with van der Waals surface area (Å²) >= 11 is 1.36. The lowest BCUT2D eigenvalue weighted by Crippen LogP contribution is -2.57. The van der Waals surface area contributed by atoms with Gasteiger partial charge in [0.2, 0.25) is 17.7 Å². The number of hydrogen-bond acceptors (Lipinski definition) is 9. The fraction of sp³-hybridized carbons (Fsp3) is 0.550. The minimum atomic E-state index is -1.43. The van der Waals surface area contributed by atoms with E-state index in [1.165, 1.54) is 24.3 Å². The molecule has 0 saturated heterocycles. The number of hydrogen-bond donors (Lipinski definition) is 8. The summed E-state index contributed by atoms with van der Waals surface area (Å²) in [5.74, 6) is -6.18. The highest BCUT2D eigenvalue weighted by molar-refractivity contribution is 7.98. The smallest absolute Gasteiger partial charge is 0.326 e. The van der Waals surface area contributed by atoms with E-state index in [0.29, 0.717) is 11.4 Å². The lowest BCUT2D eigenvalue weighted by atomic mass is 10.1. The van der Waals surface area contributed by atoms with Gasteiger partial charge >= 0.3 is 17.9 Å². The fourth-order valence-electron chi connectivity index (χ4n) is 2.96. The Morgan fingerprint density at radius 3 is 2.03 bits per heavy atom. The molecule has 1 heterocycles. The number of carboxylic acid groups (broad SMARTS) is 3. The molecule has 1 aromatic rings. The van der Waals surface area contributed by atoms with Gasteiger partial charge in [-0.05, 0) is 24.9 Å². The molecule has 0 spiro atoms.